The van der Waals surface area contributed by atoms with E-state index in [0.29, 0.717) is 0 Å². The number of hydrogen-bond donors (Lipinski definition) is 1. The van der Waals surface area contributed by atoms with E-state index in [4.69, 9.17) is 4.55 Å². The van der Waals surface area contributed by atoms with Gasteiger partial charge in [-0.15, -0.1) is 0 Å². The first-order valence-corrected chi connectivity index (χ1v) is 12.4. The highest BCUT2D eigenvalue weighted by Gasteiger charge is 2.70. The van der Waals surface area contributed by atoms with Crippen molar-refractivity contribution in [1.29, 1.82) is 0 Å². The van der Waals surface area contributed by atoms with Crippen LogP contribution in [0.25, 0.3) is 0 Å². The highest BCUT2D eigenvalue weighted by molar-refractivity contribution is 7.87. The number of esters is 2. The van der Waals surface area contributed by atoms with Crippen LogP contribution in [0.2, 0.25) is 0 Å². The Balaban J connectivity index is 6.62. The lowest BCUT2D eigenvalue weighted by Gasteiger charge is -2.39. The van der Waals surface area contributed by atoms with Crippen LogP contribution < -0.4 is 0 Å². The lowest BCUT2D eigenvalue weighted by Crippen LogP contribution is -2.61. The monoisotopic (exact) mass is 578 g/mol. The first-order valence-electron chi connectivity index (χ1n) is 11.0. The average Bonchev–Trinajstić information content (AvgIpc) is 2.62. The molecule has 0 aromatic rings. The van der Waals surface area contributed by atoms with E-state index in [1.54, 1.807) is 13.8 Å². The Hall–Kier alpha value is -1.68. The first kappa shape index (κ1) is 35.3. The van der Waals surface area contributed by atoms with Crippen molar-refractivity contribution in [2.75, 3.05) is 6.61 Å². The fourth-order valence-corrected chi connectivity index (χ4v) is 3.52. The lowest BCUT2D eigenvalue weighted by molar-refractivity contribution is -0.362. The standard InChI is InChI=1S/C21H33F7O8S/c1-12(2)11-17(8,13(3)4)14(29)36-19(20(24,25)26,15(30)35-16(5,6)7)34-10-9-18(22,23)21(27,28)37(31,32)33/h12-13H,9-11H2,1-8H3,(H,31,32,33). The minimum absolute atomic E-state index is 0.0373. The van der Waals surface area contributed by atoms with Crippen molar-refractivity contribution in [3.8, 4) is 0 Å². The summed E-state index contributed by atoms with van der Waals surface area (Å²) in [5, 5.41) is -6.11. The molecular weight excluding hydrogens is 545 g/mol. The largest absolute Gasteiger partial charge is 0.468 e. The van der Waals surface area contributed by atoms with Crippen molar-refractivity contribution in [1.82, 2.24) is 0 Å². The molecule has 0 aromatic heterocycles. The molecule has 0 bridgehead atoms. The van der Waals surface area contributed by atoms with Crippen LogP contribution in [0.3, 0.4) is 0 Å². The second-order valence-corrected chi connectivity index (χ2v) is 11.9. The summed E-state index contributed by atoms with van der Waals surface area (Å²) in [6, 6.07) is 0. The topological polar surface area (TPSA) is 116 Å². The Morgan fingerprint density at radius 2 is 1.30 bits per heavy atom. The Bertz CT molecular complexity index is 926. The third-order valence-corrected chi connectivity index (χ3v) is 6.27. The molecule has 0 aliphatic carbocycles. The molecule has 0 fully saturated rings. The molecule has 0 aliphatic rings. The zero-order valence-corrected chi connectivity index (χ0v) is 22.5. The molecule has 8 nitrogen and oxygen atoms in total. The molecule has 0 radical (unpaired) electrons. The number of alkyl halides is 7. The molecular formula is C21H33F7O8S. The molecule has 2 atom stereocenters. The SMILES string of the molecule is CC(C)CC(C)(C(=O)OC(OCCC(F)(F)C(F)(F)S(=O)(=O)O)(C(=O)OC(C)(C)C)C(F)(F)F)C(C)C. The van der Waals surface area contributed by atoms with E-state index in [9.17, 15) is 48.7 Å². The maximum absolute atomic E-state index is 14.3. The molecule has 1 N–H and O–H groups in total. The minimum atomic E-state index is -6.69. The van der Waals surface area contributed by atoms with Crippen LogP contribution in [0.4, 0.5) is 30.7 Å². The zero-order valence-electron chi connectivity index (χ0n) is 21.6. The Morgan fingerprint density at radius 3 is 1.62 bits per heavy atom. The highest BCUT2D eigenvalue weighted by atomic mass is 32.2. The third-order valence-electron chi connectivity index (χ3n) is 5.32. The molecule has 0 saturated carbocycles. The Morgan fingerprint density at radius 1 is 0.838 bits per heavy atom. The molecule has 0 aliphatic heterocycles. The predicted molar refractivity (Wildman–Crippen MR) is 115 cm³/mol. The summed E-state index contributed by atoms with van der Waals surface area (Å²) in [7, 11) is -6.69. The van der Waals surface area contributed by atoms with Crippen molar-refractivity contribution in [2.24, 2.45) is 17.3 Å². The van der Waals surface area contributed by atoms with Gasteiger partial charge in [0.25, 0.3) is 0 Å². The normalized spacial score (nSPS) is 17.4. The summed E-state index contributed by atoms with van der Waals surface area (Å²) in [5.41, 5.74) is -3.30. The van der Waals surface area contributed by atoms with Gasteiger partial charge in [0.1, 0.15) is 5.60 Å². The van der Waals surface area contributed by atoms with Gasteiger partial charge in [-0.1, -0.05) is 27.7 Å². The Kier molecular flexibility index (Phi) is 10.7. The molecule has 37 heavy (non-hydrogen) atoms. The van der Waals surface area contributed by atoms with E-state index in [2.05, 4.69) is 14.2 Å². The number of carbonyl (C=O) groups is 2. The van der Waals surface area contributed by atoms with Crippen molar-refractivity contribution >= 4 is 22.1 Å². The average molecular weight is 579 g/mol. The molecule has 0 aromatic carbocycles. The van der Waals surface area contributed by atoms with Crippen LogP contribution in [0.5, 0.6) is 0 Å². The van der Waals surface area contributed by atoms with Gasteiger partial charge in [0.05, 0.1) is 12.0 Å². The number of carbonyl (C=O) groups excluding carboxylic acids is 2. The van der Waals surface area contributed by atoms with Crippen LogP contribution in [-0.4, -0.2) is 60.3 Å². The fraction of sp³-hybridized carbons (Fsp3) is 0.905. The number of hydrogen-bond acceptors (Lipinski definition) is 7. The smallest absolute Gasteiger partial charge is 0.455 e. The predicted octanol–water partition coefficient (Wildman–Crippen LogP) is 5.36. The van der Waals surface area contributed by atoms with E-state index in [-0.39, 0.29) is 12.3 Å². The van der Waals surface area contributed by atoms with Crippen LogP contribution in [0.1, 0.15) is 68.2 Å². The van der Waals surface area contributed by atoms with Gasteiger partial charge in [0.15, 0.2) is 0 Å². The Labute approximate surface area is 210 Å². The van der Waals surface area contributed by atoms with Crippen molar-refractivity contribution < 1.29 is 67.5 Å². The molecule has 0 saturated heterocycles. The molecule has 0 amide bonds. The summed E-state index contributed by atoms with van der Waals surface area (Å²) in [6.45, 7) is 8.81. The van der Waals surface area contributed by atoms with E-state index in [0.717, 1.165) is 20.8 Å². The van der Waals surface area contributed by atoms with Crippen molar-refractivity contribution in [3.05, 3.63) is 0 Å². The fourth-order valence-electron chi connectivity index (χ4n) is 3.04. The van der Waals surface area contributed by atoms with Gasteiger partial charge in [-0.25, -0.2) is 4.79 Å². The number of halogens is 7. The van der Waals surface area contributed by atoms with Crippen LogP contribution in [0, 0.1) is 17.3 Å². The van der Waals surface area contributed by atoms with Crippen LogP contribution >= 0.6 is 0 Å². The minimum Gasteiger partial charge on any atom is -0.455 e. The van der Waals surface area contributed by atoms with Gasteiger partial charge >= 0.3 is 45.2 Å². The van der Waals surface area contributed by atoms with Crippen molar-refractivity contribution in [3.63, 3.8) is 0 Å². The summed E-state index contributed by atoms with van der Waals surface area (Å²) in [6.07, 6.45) is -8.45. The zero-order chi connectivity index (χ0) is 30.1. The van der Waals surface area contributed by atoms with Crippen LogP contribution in [-0.2, 0) is 33.9 Å². The summed E-state index contributed by atoms with van der Waals surface area (Å²) >= 11 is 0. The van der Waals surface area contributed by atoms with Gasteiger partial charge in [-0.2, -0.15) is 39.2 Å². The summed E-state index contributed by atoms with van der Waals surface area (Å²) < 4.78 is 141. The molecule has 0 spiro atoms. The van der Waals surface area contributed by atoms with Gasteiger partial charge in [-0.05, 0) is 46.0 Å². The van der Waals surface area contributed by atoms with Gasteiger partial charge in [0.2, 0.25) is 0 Å². The van der Waals surface area contributed by atoms with E-state index in [1.165, 1.54) is 20.8 Å². The number of rotatable bonds is 12. The molecule has 0 heterocycles. The second-order valence-electron chi connectivity index (χ2n) is 10.5. The summed E-state index contributed by atoms with van der Waals surface area (Å²) in [5.74, 6) is -15.3. The quantitative estimate of drug-likeness (QED) is 0.142. The third kappa shape index (κ3) is 8.15. The molecule has 0 rings (SSSR count). The van der Waals surface area contributed by atoms with E-state index in [1.807, 2.05) is 0 Å². The maximum atomic E-state index is 14.3. The van der Waals surface area contributed by atoms with Crippen LogP contribution in [0.15, 0.2) is 0 Å². The molecule has 2 unspecified atom stereocenters. The van der Waals surface area contributed by atoms with Gasteiger partial charge in [-0.3, -0.25) is 9.35 Å². The maximum Gasteiger partial charge on any atom is 0.468 e. The molecule has 220 valence electrons. The summed E-state index contributed by atoms with van der Waals surface area (Å²) in [4.78, 5) is 25.7. The highest BCUT2D eigenvalue weighted by Crippen LogP contribution is 2.44. The van der Waals surface area contributed by atoms with Gasteiger partial charge < -0.3 is 14.2 Å². The molecule has 16 heteroatoms. The number of ether oxygens (including phenoxy) is 3. The van der Waals surface area contributed by atoms with Gasteiger partial charge in [0, 0.05) is 6.42 Å². The van der Waals surface area contributed by atoms with E-state index >= 15 is 0 Å². The van der Waals surface area contributed by atoms with Crippen molar-refractivity contribution in [2.45, 2.75) is 97.0 Å². The van der Waals surface area contributed by atoms with E-state index < -0.39 is 75.2 Å². The first-order chi connectivity index (χ1) is 16.1. The second kappa shape index (κ2) is 11.2. The lowest BCUT2D eigenvalue weighted by atomic mass is 9.73.